The largest absolute Gasteiger partial charge is 0.484 e. The molecule has 0 radical (unpaired) electrons. The molecule has 8 heteroatoms. The Kier molecular flexibility index (Phi) is 5.12. The van der Waals surface area contributed by atoms with Crippen molar-refractivity contribution in [2.24, 2.45) is 5.73 Å². The monoisotopic (exact) mass is 330 g/mol. The number of carbonyl (C=O) groups excluding carboxylic acids is 2. The first-order valence-electron chi connectivity index (χ1n) is 7.13. The van der Waals surface area contributed by atoms with E-state index >= 15 is 0 Å². The van der Waals surface area contributed by atoms with Gasteiger partial charge in [-0.05, 0) is 30.5 Å². The summed E-state index contributed by atoms with van der Waals surface area (Å²) in [5, 5.41) is 0. The molecule has 1 aliphatic rings. The lowest BCUT2D eigenvalue weighted by molar-refractivity contribution is -0.153. The minimum atomic E-state index is -4.39. The fraction of sp³-hybridized carbons (Fsp3) is 0.467. The molecule has 0 aliphatic carbocycles. The minimum absolute atomic E-state index is 0.0589. The number of nitrogens with zero attached hydrogens (tertiary/aromatic N) is 1. The van der Waals surface area contributed by atoms with E-state index in [1.807, 2.05) is 0 Å². The molecule has 2 amide bonds. The summed E-state index contributed by atoms with van der Waals surface area (Å²) in [5.74, 6) is -0.670. The van der Waals surface area contributed by atoms with Crippen LogP contribution in [0.2, 0.25) is 0 Å². The zero-order valence-corrected chi connectivity index (χ0v) is 12.3. The molecule has 1 heterocycles. The Morgan fingerprint density at radius 3 is 2.48 bits per heavy atom. The van der Waals surface area contributed by atoms with Gasteiger partial charge in [0.05, 0.1) is 6.42 Å². The van der Waals surface area contributed by atoms with Crippen LogP contribution in [0.5, 0.6) is 5.75 Å². The van der Waals surface area contributed by atoms with Crippen molar-refractivity contribution >= 4 is 11.8 Å². The topological polar surface area (TPSA) is 72.6 Å². The molecule has 1 aromatic rings. The van der Waals surface area contributed by atoms with E-state index in [1.165, 1.54) is 29.2 Å². The maximum atomic E-state index is 12.2. The van der Waals surface area contributed by atoms with Gasteiger partial charge in [0.1, 0.15) is 11.8 Å². The number of amides is 2. The third-order valence-electron chi connectivity index (χ3n) is 3.58. The van der Waals surface area contributed by atoms with Crippen LogP contribution in [0.1, 0.15) is 18.4 Å². The molecule has 1 aromatic carbocycles. The maximum absolute atomic E-state index is 12.2. The minimum Gasteiger partial charge on any atom is -0.484 e. The Balaban J connectivity index is 1.93. The second kappa shape index (κ2) is 6.89. The quantitative estimate of drug-likeness (QED) is 0.892. The number of carbonyl (C=O) groups is 2. The van der Waals surface area contributed by atoms with Gasteiger partial charge in [0, 0.05) is 6.54 Å². The van der Waals surface area contributed by atoms with Gasteiger partial charge in [-0.3, -0.25) is 9.59 Å². The average molecular weight is 330 g/mol. The Morgan fingerprint density at radius 1 is 1.26 bits per heavy atom. The number of nitrogens with two attached hydrogens (primary N) is 1. The van der Waals surface area contributed by atoms with Crippen LogP contribution in [0, 0.1) is 0 Å². The van der Waals surface area contributed by atoms with Gasteiger partial charge in [-0.2, -0.15) is 13.2 Å². The number of hydrogen-bond acceptors (Lipinski definition) is 3. The lowest BCUT2D eigenvalue weighted by Gasteiger charge is -2.22. The summed E-state index contributed by atoms with van der Waals surface area (Å²) >= 11 is 0. The predicted molar refractivity (Wildman–Crippen MR) is 75.6 cm³/mol. The number of alkyl halides is 3. The second-order valence-electron chi connectivity index (χ2n) is 5.37. The van der Waals surface area contributed by atoms with Crippen LogP contribution in [0.25, 0.3) is 0 Å². The summed E-state index contributed by atoms with van der Waals surface area (Å²) in [6, 6.07) is 5.24. The number of benzene rings is 1. The highest BCUT2D eigenvalue weighted by atomic mass is 19.4. The van der Waals surface area contributed by atoms with E-state index < -0.39 is 24.7 Å². The Morgan fingerprint density at radius 2 is 1.91 bits per heavy atom. The lowest BCUT2D eigenvalue weighted by atomic mass is 10.1. The summed E-state index contributed by atoms with van der Waals surface area (Å²) in [6.07, 6.45) is -3.05. The fourth-order valence-corrected chi connectivity index (χ4v) is 2.51. The normalized spacial score (nSPS) is 18.0. The average Bonchev–Trinajstić information content (AvgIpc) is 2.95. The Labute approximate surface area is 131 Å². The van der Waals surface area contributed by atoms with Gasteiger partial charge >= 0.3 is 6.18 Å². The van der Waals surface area contributed by atoms with Crippen molar-refractivity contribution in [2.75, 3.05) is 13.2 Å². The molecule has 0 unspecified atom stereocenters. The van der Waals surface area contributed by atoms with Crippen LogP contribution in [-0.2, 0) is 16.0 Å². The molecular formula is C15H17F3N2O3. The number of primary amides is 1. The van der Waals surface area contributed by atoms with E-state index in [0.29, 0.717) is 18.5 Å². The summed E-state index contributed by atoms with van der Waals surface area (Å²) in [6.45, 7) is -0.876. The number of halogens is 3. The van der Waals surface area contributed by atoms with Crippen molar-refractivity contribution in [3.8, 4) is 5.75 Å². The molecule has 2 rings (SSSR count). The highest BCUT2D eigenvalue weighted by molar-refractivity contribution is 5.88. The highest BCUT2D eigenvalue weighted by Crippen LogP contribution is 2.21. The van der Waals surface area contributed by atoms with E-state index in [4.69, 9.17) is 5.73 Å². The van der Waals surface area contributed by atoms with Gasteiger partial charge < -0.3 is 15.4 Å². The van der Waals surface area contributed by atoms with E-state index in [1.54, 1.807) is 0 Å². The smallest absolute Gasteiger partial charge is 0.422 e. The van der Waals surface area contributed by atoms with Gasteiger partial charge in [-0.1, -0.05) is 12.1 Å². The summed E-state index contributed by atoms with van der Waals surface area (Å²) in [7, 11) is 0. The molecule has 2 N–H and O–H groups in total. The maximum Gasteiger partial charge on any atom is 0.422 e. The number of likely N-dealkylation sites (tertiary alicyclic amines) is 1. The van der Waals surface area contributed by atoms with Crippen LogP contribution in [0.4, 0.5) is 13.2 Å². The molecule has 5 nitrogen and oxygen atoms in total. The third kappa shape index (κ3) is 4.87. The van der Waals surface area contributed by atoms with Crippen molar-refractivity contribution in [1.29, 1.82) is 0 Å². The van der Waals surface area contributed by atoms with Crippen LogP contribution in [0.15, 0.2) is 24.3 Å². The molecule has 1 aliphatic heterocycles. The molecule has 126 valence electrons. The van der Waals surface area contributed by atoms with Gasteiger partial charge in [-0.15, -0.1) is 0 Å². The van der Waals surface area contributed by atoms with Gasteiger partial charge in [-0.25, -0.2) is 0 Å². The predicted octanol–water partition coefficient (Wildman–Crippen LogP) is 1.65. The summed E-state index contributed by atoms with van der Waals surface area (Å²) < 4.78 is 40.8. The van der Waals surface area contributed by atoms with Crippen LogP contribution < -0.4 is 10.5 Å². The van der Waals surface area contributed by atoms with Crippen molar-refractivity contribution < 1.29 is 27.5 Å². The molecular weight excluding hydrogens is 313 g/mol. The Bertz CT molecular complexity index is 572. The van der Waals surface area contributed by atoms with E-state index in [2.05, 4.69) is 4.74 Å². The van der Waals surface area contributed by atoms with Crippen LogP contribution in [-0.4, -0.2) is 42.1 Å². The van der Waals surface area contributed by atoms with E-state index in [9.17, 15) is 22.8 Å². The van der Waals surface area contributed by atoms with Crippen molar-refractivity contribution in [2.45, 2.75) is 31.5 Å². The zero-order chi connectivity index (χ0) is 17.0. The fourth-order valence-electron chi connectivity index (χ4n) is 2.51. The number of hydrogen-bond donors (Lipinski definition) is 1. The van der Waals surface area contributed by atoms with Gasteiger partial charge in [0.2, 0.25) is 11.8 Å². The highest BCUT2D eigenvalue weighted by Gasteiger charge is 2.32. The van der Waals surface area contributed by atoms with Crippen LogP contribution in [0.3, 0.4) is 0 Å². The molecule has 1 saturated heterocycles. The number of rotatable bonds is 5. The summed E-state index contributed by atoms with van der Waals surface area (Å²) in [4.78, 5) is 25.0. The molecule has 0 spiro atoms. The molecule has 23 heavy (non-hydrogen) atoms. The molecule has 0 saturated carbocycles. The van der Waals surface area contributed by atoms with Gasteiger partial charge in [0.25, 0.3) is 0 Å². The number of ether oxygens (including phenoxy) is 1. The zero-order valence-electron chi connectivity index (χ0n) is 12.3. The first kappa shape index (κ1) is 17.1. The Hall–Kier alpha value is -2.25. The van der Waals surface area contributed by atoms with Crippen molar-refractivity contribution in [3.05, 3.63) is 29.8 Å². The standard InChI is InChI=1S/C15H17F3N2O3/c16-15(17,18)9-23-11-5-3-10(4-6-11)8-13(21)20-7-1-2-12(20)14(19)22/h3-6,12H,1-2,7-9H2,(H2,19,22)/t12-/m0/s1. The molecule has 0 bridgehead atoms. The third-order valence-corrected chi connectivity index (χ3v) is 3.58. The molecule has 1 fully saturated rings. The molecule has 0 aromatic heterocycles. The van der Waals surface area contributed by atoms with Crippen molar-refractivity contribution in [3.63, 3.8) is 0 Å². The first-order chi connectivity index (χ1) is 10.8. The SMILES string of the molecule is NC(=O)[C@@H]1CCCN1C(=O)Cc1ccc(OCC(F)(F)F)cc1. The summed E-state index contributed by atoms with van der Waals surface area (Å²) in [5.41, 5.74) is 5.90. The van der Waals surface area contributed by atoms with Gasteiger partial charge in [0.15, 0.2) is 6.61 Å². The van der Waals surface area contributed by atoms with Crippen LogP contribution >= 0.6 is 0 Å². The van der Waals surface area contributed by atoms with E-state index in [0.717, 1.165) is 6.42 Å². The van der Waals surface area contributed by atoms with E-state index in [-0.39, 0.29) is 18.1 Å². The lowest BCUT2D eigenvalue weighted by Crippen LogP contribution is -2.44. The first-order valence-corrected chi connectivity index (χ1v) is 7.13. The molecule has 1 atom stereocenters. The second-order valence-corrected chi connectivity index (χ2v) is 5.37. The van der Waals surface area contributed by atoms with Crippen molar-refractivity contribution in [1.82, 2.24) is 4.90 Å².